The van der Waals surface area contributed by atoms with Crippen LogP contribution >= 0.6 is 11.3 Å². The van der Waals surface area contributed by atoms with E-state index in [4.69, 9.17) is 4.74 Å². The number of thiophene rings is 1. The lowest BCUT2D eigenvalue weighted by Gasteiger charge is -2.05. The average Bonchev–Trinajstić information content (AvgIpc) is 3.07. The first-order valence-electron chi connectivity index (χ1n) is 7.93. The predicted molar refractivity (Wildman–Crippen MR) is 103 cm³/mol. The van der Waals surface area contributed by atoms with E-state index in [0.717, 1.165) is 5.56 Å². The van der Waals surface area contributed by atoms with Gasteiger partial charge in [0.05, 0.1) is 17.4 Å². The number of hydrogen-bond donors (Lipinski definition) is 1. The highest BCUT2D eigenvalue weighted by atomic mass is 32.1. The van der Waals surface area contributed by atoms with Gasteiger partial charge in [-0.25, -0.2) is 4.98 Å². The second-order valence-corrected chi connectivity index (χ2v) is 6.90. The number of pyridine rings is 1. The normalized spacial score (nSPS) is 11.0. The number of amides is 1. The molecule has 0 aliphatic heterocycles. The topological polar surface area (TPSA) is 72.7 Å². The second kappa shape index (κ2) is 6.27. The number of carbonyl (C=O) groups excluding carboxylic acids is 1. The molecule has 1 aromatic carbocycles. The van der Waals surface area contributed by atoms with Crippen molar-refractivity contribution in [3.8, 4) is 5.75 Å². The summed E-state index contributed by atoms with van der Waals surface area (Å²) >= 11 is 1.20. The lowest BCUT2D eigenvalue weighted by molar-refractivity contribution is 0.103. The Labute approximate surface area is 152 Å². The summed E-state index contributed by atoms with van der Waals surface area (Å²) in [6.07, 6.45) is 1.75. The fourth-order valence-corrected chi connectivity index (χ4v) is 3.63. The molecule has 3 heterocycles. The van der Waals surface area contributed by atoms with Crippen LogP contribution in [0, 0.1) is 6.92 Å². The van der Waals surface area contributed by atoms with Crippen molar-refractivity contribution >= 4 is 38.8 Å². The van der Waals surface area contributed by atoms with Crippen LogP contribution in [-0.2, 0) is 0 Å². The molecule has 4 rings (SSSR count). The molecule has 7 heteroatoms. The maximum absolute atomic E-state index is 12.7. The van der Waals surface area contributed by atoms with Crippen LogP contribution in [0.25, 0.3) is 15.9 Å². The summed E-state index contributed by atoms with van der Waals surface area (Å²) in [6, 6.07) is 12.4. The summed E-state index contributed by atoms with van der Waals surface area (Å²) in [4.78, 5) is 30.7. The maximum atomic E-state index is 12.7. The smallest absolute Gasteiger partial charge is 0.266 e. The summed E-state index contributed by atoms with van der Waals surface area (Å²) in [7, 11) is 1.57. The van der Waals surface area contributed by atoms with Gasteiger partial charge in [-0.3, -0.25) is 14.0 Å². The van der Waals surface area contributed by atoms with E-state index in [1.807, 2.05) is 13.0 Å². The second-order valence-electron chi connectivity index (χ2n) is 5.87. The van der Waals surface area contributed by atoms with Gasteiger partial charge in [0.15, 0.2) is 0 Å². The van der Waals surface area contributed by atoms with Gasteiger partial charge in [0.25, 0.3) is 11.5 Å². The number of nitrogens with one attached hydrogen (secondary N) is 1. The third kappa shape index (κ3) is 2.82. The molecule has 1 amide bonds. The molecule has 0 spiro atoms. The van der Waals surface area contributed by atoms with Gasteiger partial charge in [-0.2, -0.15) is 0 Å². The number of ether oxygens (including phenoxy) is 1. The minimum absolute atomic E-state index is 0.176. The van der Waals surface area contributed by atoms with E-state index in [2.05, 4.69) is 10.3 Å². The van der Waals surface area contributed by atoms with E-state index in [9.17, 15) is 9.59 Å². The first-order valence-corrected chi connectivity index (χ1v) is 8.75. The molecule has 0 aliphatic rings. The van der Waals surface area contributed by atoms with Crippen LogP contribution in [0.1, 0.15) is 15.2 Å². The third-order valence-electron chi connectivity index (χ3n) is 4.00. The molecule has 0 aliphatic carbocycles. The van der Waals surface area contributed by atoms with Crippen molar-refractivity contribution in [2.45, 2.75) is 6.92 Å². The minimum atomic E-state index is -0.286. The fraction of sp³-hybridized carbons (Fsp3) is 0.105. The maximum Gasteiger partial charge on any atom is 0.266 e. The van der Waals surface area contributed by atoms with Crippen molar-refractivity contribution < 1.29 is 9.53 Å². The molecule has 4 aromatic rings. The van der Waals surface area contributed by atoms with Gasteiger partial charge < -0.3 is 10.1 Å². The number of nitrogens with zero attached hydrogens (tertiary/aromatic N) is 2. The first kappa shape index (κ1) is 16.3. The molecule has 6 nitrogen and oxygen atoms in total. The molecule has 130 valence electrons. The highest BCUT2D eigenvalue weighted by Gasteiger charge is 2.15. The van der Waals surface area contributed by atoms with Crippen molar-refractivity contribution in [2.75, 3.05) is 12.4 Å². The number of aryl methyl sites for hydroxylation is 1. The summed E-state index contributed by atoms with van der Waals surface area (Å²) in [5.74, 6) is 0.367. The van der Waals surface area contributed by atoms with Gasteiger partial charge >= 0.3 is 0 Å². The minimum Gasteiger partial charge on any atom is -0.497 e. The molecule has 0 unspecified atom stereocenters. The molecule has 0 saturated heterocycles. The van der Waals surface area contributed by atoms with Gasteiger partial charge in [0.2, 0.25) is 0 Å². The molecule has 0 saturated carbocycles. The number of rotatable bonds is 3. The van der Waals surface area contributed by atoms with Gasteiger partial charge in [-0.05, 0) is 36.8 Å². The molecule has 0 bridgehead atoms. The highest BCUT2D eigenvalue weighted by molar-refractivity contribution is 7.20. The van der Waals surface area contributed by atoms with Crippen LogP contribution in [0.3, 0.4) is 0 Å². The van der Waals surface area contributed by atoms with Crippen LogP contribution < -0.4 is 15.6 Å². The lowest BCUT2D eigenvalue weighted by atomic mass is 10.3. The molecule has 0 atom stereocenters. The van der Waals surface area contributed by atoms with Gasteiger partial charge in [-0.1, -0.05) is 12.1 Å². The Morgan fingerprint density at radius 3 is 2.88 bits per heavy atom. The van der Waals surface area contributed by atoms with Crippen molar-refractivity contribution in [3.63, 3.8) is 0 Å². The molecular formula is C19H15N3O3S. The molecule has 0 radical (unpaired) electrons. The Bertz CT molecular complexity index is 1210. The zero-order valence-corrected chi connectivity index (χ0v) is 15.0. The first-order chi connectivity index (χ1) is 12.5. The molecule has 26 heavy (non-hydrogen) atoms. The summed E-state index contributed by atoms with van der Waals surface area (Å²) in [6.45, 7) is 1.91. The summed E-state index contributed by atoms with van der Waals surface area (Å²) < 4.78 is 6.66. The van der Waals surface area contributed by atoms with Crippen LogP contribution in [0.4, 0.5) is 5.69 Å². The van der Waals surface area contributed by atoms with Gasteiger partial charge in [-0.15, -0.1) is 11.3 Å². The van der Waals surface area contributed by atoms with Gasteiger partial charge in [0.1, 0.15) is 16.2 Å². The van der Waals surface area contributed by atoms with E-state index in [-0.39, 0.29) is 11.5 Å². The number of aromatic nitrogens is 2. The third-order valence-corrected chi connectivity index (χ3v) is 5.03. The average molecular weight is 365 g/mol. The van der Waals surface area contributed by atoms with Crippen molar-refractivity contribution in [2.24, 2.45) is 0 Å². The number of hydrogen-bond acceptors (Lipinski definition) is 5. The highest BCUT2D eigenvalue weighted by Crippen LogP contribution is 2.24. The Hall–Kier alpha value is -3.19. The molecule has 0 fully saturated rings. The van der Waals surface area contributed by atoms with Crippen molar-refractivity contribution in [1.82, 2.24) is 9.38 Å². The van der Waals surface area contributed by atoms with Crippen LogP contribution in [0.5, 0.6) is 5.75 Å². The Morgan fingerprint density at radius 2 is 2.08 bits per heavy atom. The van der Waals surface area contributed by atoms with Crippen molar-refractivity contribution in [3.05, 3.63) is 69.5 Å². The number of carbonyl (C=O) groups is 1. The fourth-order valence-electron chi connectivity index (χ4n) is 2.71. The number of methoxy groups -OCH3 is 1. The monoisotopic (exact) mass is 365 g/mol. The Balaban J connectivity index is 1.74. The quantitative estimate of drug-likeness (QED) is 0.603. The van der Waals surface area contributed by atoms with Crippen LogP contribution in [0.15, 0.2) is 53.5 Å². The standard InChI is InChI=1S/C19H15N3O3S/c1-11-6-7-16-21-18-14(19(24)22(16)10-11)9-15(26-18)17(23)20-12-4-3-5-13(8-12)25-2/h3-10H,1-2H3,(H,20,23). The van der Waals surface area contributed by atoms with Crippen LogP contribution in [0.2, 0.25) is 0 Å². The number of benzene rings is 1. The SMILES string of the molecule is COc1cccc(NC(=O)c2cc3c(=O)n4cc(C)ccc4nc3s2)c1. The summed E-state index contributed by atoms with van der Waals surface area (Å²) in [5.41, 5.74) is 1.98. The molecular weight excluding hydrogens is 350 g/mol. The zero-order valence-electron chi connectivity index (χ0n) is 14.1. The number of fused-ring (bicyclic) bond motifs is 2. The zero-order chi connectivity index (χ0) is 18.3. The Kier molecular flexibility index (Phi) is 3.93. The lowest BCUT2D eigenvalue weighted by Crippen LogP contribution is -2.14. The van der Waals surface area contributed by atoms with E-state index in [0.29, 0.717) is 32.2 Å². The largest absolute Gasteiger partial charge is 0.497 e. The van der Waals surface area contributed by atoms with E-state index >= 15 is 0 Å². The summed E-state index contributed by atoms with van der Waals surface area (Å²) in [5, 5.41) is 3.26. The molecule has 3 aromatic heterocycles. The van der Waals surface area contributed by atoms with Crippen LogP contribution in [-0.4, -0.2) is 22.4 Å². The van der Waals surface area contributed by atoms with Gasteiger partial charge in [0, 0.05) is 18.0 Å². The number of anilines is 1. The van der Waals surface area contributed by atoms with E-state index in [1.165, 1.54) is 15.7 Å². The predicted octanol–water partition coefficient (Wildman–Crippen LogP) is 3.48. The van der Waals surface area contributed by atoms with E-state index in [1.54, 1.807) is 49.7 Å². The van der Waals surface area contributed by atoms with Crippen molar-refractivity contribution in [1.29, 1.82) is 0 Å². The molecule has 1 N–H and O–H groups in total. The Morgan fingerprint density at radius 1 is 1.23 bits per heavy atom. The van der Waals surface area contributed by atoms with E-state index < -0.39 is 0 Å².